The molecule has 0 aliphatic carbocycles. The predicted molar refractivity (Wildman–Crippen MR) is 228 cm³/mol. The number of aromatic nitrogens is 4. The number of nitrogens with one attached hydrogen (secondary N) is 9. The lowest BCUT2D eigenvalue weighted by Crippen LogP contribution is -2.59. The minimum atomic E-state index is -1.62. The van der Waals surface area contributed by atoms with Gasteiger partial charge in [0.15, 0.2) is 0 Å². The van der Waals surface area contributed by atoms with E-state index in [0.717, 1.165) is 0 Å². The van der Waals surface area contributed by atoms with Gasteiger partial charge in [-0.2, -0.15) is 0 Å². The summed E-state index contributed by atoms with van der Waals surface area (Å²) in [7, 11) is 0. The van der Waals surface area contributed by atoms with Gasteiger partial charge in [0.05, 0.1) is 32.2 Å². The molecule has 0 saturated carbocycles. The van der Waals surface area contributed by atoms with Gasteiger partial charge in [-0.1, -0.05) is 0 Å². The Labute approximate surface area is 369 Å². The third-order valence-corrected chi connectivity index (χ3v) is 9.63. The average molecular weight is 905 g/mol. The molecule has 356 valence electrons. The van der Waals surface area contributed by atoms with Crippen LogP contribution in [0.5, 0.6) is 0 Å². The van der Waals surface area contributed by atoms with Crippen molar-refractivity contribution in [1.29, 1.82) is 0 Å². The third kappa shape index (κ3) is 20.6. The van der Waals surface area contributed by atoms with Crippen LogP contribution in [0.3, 0.4) is 0 Å². The molecule has 26 nitrogen and oxygen atoms in total. The molecule has 0 fully saturated rings. The van der Waals surface area contributed by atoms with E-state index in [-0.39, 0.29) is 45.2 Å². The molecule has 20 N–H and O–H groups in total. The van der Waals surface area contributed by atoms with E-state index in [1.807, 2.05) is 0 Å². The minimum absolute atomic E-state index is 0.00506. The Hall–Kier alpha value is -6.51. The Bertz CT molecular complexity index is 1800. The average Bonchev–Trinajstić information content (AvgIpc) is 3.98. The number of nitrogens with two attached hydrogens (primary N) is 5. The lowest BCUT2D eigenvalue weighted by Gasteiger charge is -2.27. The van der Waals surface area contributed by atoms with Gasteiger partial charge in [-0.3, -0.25) is 38.4 Å². The van der Waals surface area contributed by atoms with Crippen LogP contribution in [0.4, 0.5) is 0 Å². The van der Waals surface area contributed by atoms with Crippen molar-refractivity contribution in [3.63, 3.8) is 0 Å². The van der Waals surface area contributed by atoms with Gasteiger partial charge in [0.2, 0.25) is 47.3 Å². The second-order valence-corrected chi connectivity index (χ2v) is 14.8. The largest absolute Gasteiger partial charge is 0.480 e. The zero-order chi connectivity index (χ0) is 47.4. The molecule has 64 heavy (non-hydrogen) atoms. The number of hydrogen-bond acceptors (Lipinski definition) is 15. The van der Waals surface area contributed by atoms with E-state index >= 15 is 0 Å². The summed E-state index contributed by atoms with van der Waals surface area (Å²) in [4.78, 5) is 131. The second kappa shape index (κ2) is 29.7. The van der Waals surface area contributed by atoms with Gasteiger partial charge in [-0.05, 0) is 77.4 Å². The Morgan fingerprint density at radius 2 is 0.938 bits per heavy atom. The van der Waals surface area contributed by atoms with Crippen LogP contribution in [-0.2, 0) is 56.0 Å². The highest BCUT2D eigenvalue weighted by Crippen LogP contribution is 2.09. The van der Waals surface area contributed by atoms with Gasteiger partial charge < -0.3 is 81.0 Å². The van der Waals surface area contributed by atoms with Gasteiger partial charge in [0.25, 0.3) is 0 Å². The van der Waals surface area contributed by atoms with Crippen molar-refractivity contribution in [2.24, 2.45) is 28.7 Å². The Morgan fingerprint density at radius 3 is 1.39 bits per heavy atom. The third-order valence-electron chi connectivity index (χ3n) is 9.63. The number of imidazole rings is 2. The van der Waals surface area contributed by atoms with Crippen LogP contribution in [0.25, 0.3) is 0 Å². The number of primary amides is 1. The van der Waals surface area contributed by atoms with Crippen LogP contribution in [0.1, 0.15) is 75.6 Å². The number of nitrogens with zero attached hydrogens (tertiary/aromatic N) is 2. The fraction of sp³-hybridized carbons (Fsp3) is 0.605. The van der Waals surface area contributed by atoms with Crippen LogP contribution in [0, 0.1) is 0 Å². The molecule has 6 atom stereocenters. The summed E-state index contributed by atoms with van der Waals surface area (Å²) in [6, 6.07) is -8.10. The lowest BCUT2D eigenvalue weighted by molar-refractivity contribution is -0.142. The molecule has 0 spiro atoms. The fourth-order valence-corrected chi connectivity index (χ4v) is 6.21. The molecule has 26 heteroatoms. The maximum atomic E-state index is 14.1. The normalized spacial score (nSPS) is 13.8. The molecule has 2 aromatic rings. The number of carboxylic acids is 1. The molecule has 0 bridgehead atoms. The number of aliphatic carboxylic acids is 1. The highest BCUT2D eigenvalue weighted by atomic mass is 16.4. The molecule has 2 heterocycles. The standard InChI is InChI=1S/C38H64N16O10/c39-10-4-1-7-24(49-32(57)19-46-33(58)27(50-31(56)16-42)13-22-17-44-20-47-22)34(59)53-28(14-23-18-45-21-48-23)36(61)51-25(8-2-5-11-40)35(60)54-29(15-30(43)55)37(62)52-26(38(63)64)9-3-6-12-41/h17-18,20-21,24-29H,1-16,19,39-42H2,(H2,43,55)(H,44,47)(H,45,48)(H,46,58)(H,49,57)(H,50,56)(H,51,61)(H,52,62)(H,53,59)(H,54,60)(H,63,64)/t24-,25-,26-,27-,28-,29-/m0/s1. The predicted octanol–water partition coefficient (Wildman–Crippen LogP) is -5.75. The molecule has 0 aliphatic rings. The Morgan fingerprint density at radius 1 is 0.531 bits per heavy atom. The summed E-state index contributed by atoms with van der Waals surface area (Å²) in [5, 5.41) is 27.1. The number of aromatic amines is 2. The van der Waals surface area contributed by atoms with Gasteiger partial charge in [0.1, 0.15) is 36.3 Å². The first-order valence-electron chi connectivity index (χ1n) is 21.0. The summed E-state index contributed by atoms with van der Waals surface area (Å²) in [6.07, 6.45) is 7.27. The van der Waals surface area contributed by atoms with E-state index in [4.69, 9.17) is 28.7 Å². The van der Waals surface area contributed by atoms with Crippen molar-refractivity contribution in [2.75, 3.05) is 32.7 Å². The van der Waals surface area contributed by atoms with Crippen molar-refractivity contribution in [2.45, 2.75) is 113 Å². The molecule has 0 saturated heterocycles. The van der Waals surface area contributed by atoms with E-state index < -0.39 is 109 Å². The number of amides is 8. The maximum absolute atomic E-state index is 14.1. The van der Waals surface area contributed by atoms with Gasteiger partial charge in [-0.15, -0.1) is 0 Å². The van der Waals surface area contributed by atoms with Gasteiger partial charge in [0, 0.05) is 36.6 Å². The molecule has 2 rings (SSSR count). The number of carbonyl (C=O) groups excluding carboxylic acids is 8. The van der Waals surface area contributed by atoms with Crippen molar-refractivity contribution < 1.29 is 48.3 Å². The summed E-state index contributed by atoms with van der Waals surface area (Å²) < 4.78 is 0. The number of carbonyl (C=O) groups is 9. The first-order chi connectivity index (χ1) is 30.6. The van der Waals surface area contributed by atoms with Crippen molar-refractivity contribution >= 4 is 53.2 Å². The maximum Gasteiger partial charge on any atom is 0.326 e. The van der Waals surface area contributed by atoms with Gasteiger partial charge >= 0.3 is 5.97 Å². The summed E-state index contributed by atoms with van der Waals surface area (Å²) >= 11 is 0. The first kappa shape index (κ1) is 53.6. The number of unbranched alkanes of at least 4 members (excludes halogenated alkanes) is 3. The van der Waals surface area contributed by atoms with E-state index in [2.05, 4.69) is 57.2 Å². The van der Waals surface area contributed by atoms with Gasteiger partial charge in [-0.25, -0.2) is 14.8 Å². The first-order valence-corrected chi connectivity index (χ1v) is 21.0. The topological polar surface area (TPSA) is 446 Å². The summed E-state index contributed by atoms with van der Waals surface area (Å²) in [5.41, 5.74) is 28.6. The summed E-state index contributed by atoms with van der Waals surface area (Å²) in [6.45, 7) is -0.176. The van der Waals surface area contributed by atoms with E-state index in [9.17, 15) is 48.3 Å². The fourth-order valence-electron chi connectivity index (χ4n) is 6.21. The second-order valence-electron chi connectivity index (χ2n) is 14.8. The van der Waals surface area contributed by atoms with Crippen LogP contribution in [0.2, 0.25) is 0 Å². The molecule has 0 aromatic carbocycles. The zero-order valence-corrected chi connectivity index (χ0v) is 35.7. The van der Waals surface area contributed by atoms with Crippen LogP contribution >= 0.6 is 0 Å². The zero-order valence-electron chi connectivity index (χ0n) is 35.7. The number of rotatable bonds is 33. The smallest absolute Gasteiger partial charge is 0.326 e. The highest BCUT2D eigenvalue weighted by Gasteiger charge is 2.33. The van der Waals surface area contributed by atoms with E-state index in [0.29, 0.717) is 56.5 Å². The Balaban J connectivity index is 2.30. The van der Waals surface area contributed by atoms with Crippen LogP contribution in [-0.4, -0.2) is 147 Å². The molecule has 2 aromatic heterocycles. The van der Waals surface area contributed by atoms with Crippen molar-refractivity contribution in [3.8, 4) is 0 Å². The summed E-state index contributed by atoms with van der Waals surface area (Å²) in [5.74, 6) is -8.03. The van der Waals surface area contributed by atoms with E-state index in [1.165, 1.54) is 25.0 Å². The molecule has 0 unspecified atom stereocenters. The monoisotopic (exact) mass is 904 g/mol. The lowest BCUT2D eigenvalue weighted by atomic mass is 10.0. The minimum Gasteiger partial charge on any atom is -0.480 e. The van der Waals surface area contributed by atoms with Crippen molar-refractivity contribution in [3.05, 3.63) is 36.4 Å². The molecule has 8 amide bonds. The Kier molecular flexibility index (Phi) is 24.9. The molecule has 0 radical (unpaired) electrons. The molecular weight excluding hydrogens is 841 g/mol. The highest BCUT2D eigenvalue weighted by molar-refractivity contribution is 5.98. The number of H-pyrrole nitrogens is 2. The van der Waals surface area contributed by atoms with E-state index in [1.54, 1.807) is 0 Å². The molecular formula is C38H64N16O10. The number of hydrogen-bond donors (Lipinski definition) is 15. The molecule has 0 aliphatic heterocycles. The quantitative estimate of drug-likeness (QED) is 0.0297. The van der Waals surface area contributed by atoms with Crippen LogP contribution in [0.15, 0.2) is 25.0 Å². The van der Waals surface area contributed by atoms with Crippen molar-refractivity contribution in [1.82, 2.24) is 57.2 Å². The number of carboxylic acid groups (broad SMARTS) is 1. The van der Waals surface area contributed by atoms with Crippen LogP contribution < -0.4 is 65.9 Å². The SMILES string of the molecule is NCCCC[C@H](NC(=O)[C@H](CC(N)=O)NC(=O)[C@H](CCCCN)NC(=O)[C@H](Cc1cnc[nH]1)NC(=O)[C@H](CCCCN)NC(=O)CNC(=O)[C@H](Cc1cnc[nH]1)NC(=O)CN)C(=O)O.